The second-order valence-electron chi connectivity index (χ2n) is 21.6. The molecule has 0 aliphatic heterocycles. The van der Waals surface area contributed by atoms with E-state index in [0.717, 1.165) is 9.52 Å². The van der Waals surface area contributed by atoms with Crippen LogP contribution in [-0.2, 0) is 47.9 Å². The van der Waals surface area contributed by atoms with Crippen molar-refractivity contribution in [1.82, 2.24) is 0 Å². The zero-order valence-corrected chi connectivity index (χ0v) is 43.7. The summed E-state index contributed by atoms with van der Waals surface area (Å²) in [5.41, 5.74) is 17.2. The Hall–Kier alpha value is -2.80. The Morgan fingerprint density at radius 1 is 0.414 bits per heavy atom. The number of fused-ring (bicyclic) bond motifs is 2. The maximum absolute atomic E-state index is 2.42. The van der Waals surface area contributed by atoms with Crippen molar-refractivity contribution >= 4 is 31.1 Å². The van der Waals surface area contributed by atoms with Gasteiger partial charge in [0.1, 0.15) is 0 Å². The van der Waals surface area contributed by atoms with Crippen molar-refractivity contribution in [3.8, 4) is 22.3 Å². The van der Waals surface area contributed by atoms with Gasteiger partial charge >= 0.3 is 26.2 Å². The van der Waals surface area contributed by atoms with Crippen LogP contribution in [0.5, 0.6) is 0 Å². The summed E-state index contributed by atoms with van der Waals surface area (Å²) in [6.45, 7) is 45.6. The van der Waals surface area contributed by atoms with Gasteiger partial charge in [0, 0.05) is 9.52 Å². The quantitative estimate of drug-likeness (QED) is 0.122. The SMILES string of the molecule is C[Si]C.Cc1cc2c(-c3cc(C(C)(C)C)cc(C(C)(C)C)c3)cc(C(C)C)cc2[cH-]1.Cc1cc2c(-c3cc(C(C)(C)C)cc(C(C)(C)C)c3)cc(C(C)C)cc2[cH-]1.[Zr+2]. The largest absolute Gasteiger partial charge is 2.00 e. The normalized spacial score (nSPS) is 12.4. The molecule has 308 valence electrons. The first kappa shape index (κ1) is 49.6. The van der Waals surface area contributed by atoms with Gasteiger partial charge in [-0.2, -0.15) is 12.1 Å². The van der Waals surface area contributed by atoms with Crippen LogP contribution in [0.1, 0.15) is 167 Å². The van der Waals surface area contributed by atoms with Crippen LogP contribution in [0.3, 0.4) is 0 Å². The van der Waals surface area contributed by atoms with Gasteiger partial charge in [0.25, 0.3) is 0 Å². The van der Waals surface area contributed by atoms with Crippen molar-refractivity contribution in [2.75, 3.05) is 0 Å². The van der Waals surface area contributed by atoms with Crippen molar-refractivity contribution in [1.29, 1.82) is 0 Å². The predicted octanol–water partition coefficient (Wildman–Crippen LogP) is 17.3. The van der Waals surface area contributed by atoms with Crippen LogP contribution in [-0.4, -0.2) is 9.52 Å². The van der Waals surface area contributed by atoms with Crippen LogP contribution >= 0.6 is 0 Å². The molecule has 0 aromatic heterocycles. The van der Waals surface area contributed by atoms with E-state index in [9.17, 15) is 0 Å². The molecule has 58 heavy (non-hydrogen) atoms. The fraction of sp³-hybridized carbons (Fsp3) is 0.464. The summed E-state index contributed by atoms with van der Waals surface area (Å²) in [5.74, 6) is 1.05. The van der Waals surface area contributed by atoms with Crippen molar-refractivity contribution in [2.45, 2.75) is 171 Å². The fourth-order valence-corrected chi connectivity index (χ4v) is 7.43. The zero-order chi connectivity index (χ0) is 43.0. The predicted molar refractivity (Wildman–Crippen MR) is 260 cm³/mol. The molecular weight excluding hydrogens is 792 g/mol. The first-order chi connectivity index (χ1) is 26.1. The summed E-state index contributed by atoms with van der Waals surface area (Å²) in [5, 5.41) is 5.49. The Morgan fingerprint density at radius 3 is 0.897 bits per heavy atom. The molecule has 0 saturated carbocycles. The molecule has 0 aliphatic carbocycles. The molecule has 6 aromatic rings. The summed E-state index contributed by atoms with van der Waals surface area (Å²) in [6.07, 6.45) is 0. The number of hydrogen-bond donors (Lipinski definition) is 0. The minimum absolute atomic E-state index is 0. The maximum Gasteiger partial charge on any atom is 2.00 e. The number of benzene rings is 4. The van der Waals surface area contributed by atoms with E-state index in [-0.39, 0.29) is 47.9 Å². The third-order valence-electron chi connectivity index (χ3n) is 11.3. The number of hydrogen-bond acceptors (Lipinski definition) is 0. The summed E-state index contributed by atoms with van der Waals surface area (Å²) in [4.78, 5) is 0. The minimum atomic E-state index is 0. The van der Waals surface area contributed by atoms with Crippen LogP contribution in [0.25, 0.3) is 43.8 Å². The van der Waals surface area contributed by atoms with E-state index in [0.29, 0.717) is 11.8 Å². The standard InChI is InChI=1S/2C27H35.C2H6Si.Zr/c2*1-17(2)19-12-20-10-18(3)11-24(20)25(15-19)21-13-22(26(4,5)6)16-23(14-21)27(7,8)9;1-3-2;/h2*10-17H,1-9H3;1-2H3;/q2*-1;;+2. The molecule has 0 nitrogen and oxygen atoms in total. The molecule has 6 rings (SSSR count). The fourth-order valence-electron chi connectivity index (χ4n) is 7.43. The van der Waals surface area contributed by atoms with Gasteiger partial charge in [-0.1, -0.05) is 209 Å². The molecule has 0 spiro atoms. The zero-order valence-electron chi connectivity index (χ0n) is 40.2. The third kappa shape index (κ3) is 12.2. The molecule has 0 N–H and O–H groups in total. The molecule has 2 radical (unpaired) electrons. The molecular formula is C56H76SiZr. The second kappa shape index (κ2) is 18.9. The molecule has 0 heterocycles. The van der Waals surface area contributed by atoms with E-state index in [1.54, 1.807) is 0 Å². The van der Waals surface area contributed by atoms with Gasteiger partial charge in [0.2, 0.25) is 0 Å². The van der Waals surface area contributed by atoms with Gasteiger partial charge in [-0.05, 0) is 66.9 Å². The van der Waals surface area contributed by atoms with E-state index in [2.05, 4.69) is 223 Å². The van der Waals surface area contributed by atoms with Gasteiger partial charge in [0.15, 0.2) is 0 Å². The van der Waals surface area contributed by atoms with Crippen LogP contribution < -0.4 is 0 Å². The smallest absolute Gasteiger partial charge is 0.165 e. The monoisotopic (exact) mass is 866 g/mol. The summed E-state index contributed by atoms with van der Waals surface area (Å²) in [7, 11) is 1.08. The Labute approximate surface area is 377 Å². The van der Waals surface area contributed by atoms with Gasteiger partial charge < -0.3 is 0 Å². The number of rotatable bonds is 4. The van der Waals surface area contributed by atoms with Crippen LogP contribution in [0.4, 0.5) is 0 Å². The van der Waals surface area contributed by atoms with Gasteiger partial charge in [-0.25, -0.2) is 0 Å². The Morgan fingerprint density at radius 2 is 0.672 bits per heavy atom. The van der Waals surface area contributed by atoms with Gasteiger partial charge in [0.05, 0.1) is 0 Å². The summed E-state index contributed by atoms with van der Waals surface area (Å²) in [6, 6.07) is 33.4. The molecule has 0 atom stereocenters. The number of aryl methyl sites for hydroxylation is 2. The molecule has 2 heteroatoms. The first-order valence-electron chi connectivity index (χ1n) is 21.5. The summed E-state index contributed by atoms with van der Waals surface area (Å²) < 4.78 is 0. The molecule has 0 aliphatic rings. The van der Waals surface area contributed by atoms with Crippen LogP contribution in [0.2, 0.25) is 13.1 Å². The van der Waals surface area contributed by atoms with E-state index < -0.39 is 0 Å². The van der Waals surface area contributed by atoms with Gasteiger partial charge in [-0.15, -0.1) is 56.9 Å². The minimum Gasteiger partial charge on any atom is -0.165 e. The van der Waals surface area contributed by atoms with Crippen molar-refractivity contribution < 1.29 is 26.2 Å². The Balaban J connectivity index is 0.000000286. The molecule has 0 saturated heterocycles. The van der Waals surface area contributed by atoms with Crippen molar-refractivity contribution in [2.24, 2.45) is 0 Å². The third-order valence-corrected chi connectivity index (χ3v) is 11.3. The molecule has 0 amide bonds. The van der Waals surface area contributed by atoms with E-state index in [4.69, 9.17) is 0 Å². The van der Waals surface area contributed by atoms with Crippen molar-refractivity contribution in [3.05, 3.63) is 129 Å². The molecule has 0 fully saturated rings. The topological polar surface area (TPSA) is 0 Å². The first-order valence-corrected chi connectivity index (χ1v) is 23.5. The van der Waals surface area contributed by atoms with E-state index in [1.807, 2.05) is 0 Å². The van der Waals surface area contributed by atoms with Crippen LogP contribution in [0, 0.1) is 13.8 Å². The van der Waals surface area contributed by atoms with Crippen LogP contribution in [0.15, 0.2) is 84.9 Å². The average molecular weight is 869 g/mol. The molecule has 0 bridgehead atoms. The Kier molecular flexibility index (Phi) is 16.1. The van der Waals surface area contributed by atoms with Crippen molar-refractivity contribution in [3.63, 3.8) is 0 Å². The summed E-state index contributed by atoms with van der Waals surface area (Å²) >= 11 is 0. The average Bonchev–Trinajstić information content (AvgIpc) is 3.66. The molecule has 0 unspecified atom stereocenters. The van der Waals surface area contributed by atoms with E-state index >= 15 is 0 Å². The van der Waals surface area contributed by atoms with E-state index in [1.165, 1.54) is 88.3 Å². The Bertz CT molecular complexity index is 2060. The second-order valence-corrected chi connectivity index (χ2v) is 22.6. The van der Waals surface area contributed by atoms with Gasteiger partial charge in [-0.3, -0.25) is 0 Å². The molecule has 6 aromatic carbocycles. The maximum atomic E-state index is 2.42.